The van der Waals surface area contributed by atoms with Crippen LogP contribution < -0.4 is 10.5 Å². The molecule has 164 valence electrons. The number of nitrogens with zero attached hydrogens (tertiary/aromatic N) is 6. The first kappa shape index (κ1) is 21.0. The van der Waals surface area contributed by atoms with E-state index in [1.54, 1.807) is 13.1 Å². The van der Waals surface area contributed by atoms with E-state index in [1.807, 2.05) is 0 Å². The summed E-state index contributed by atoms with van der Waals surface area (Å²) in [5.41, 5.74) is 5.90. The molecule has 0 radical (unpaired) electrons. The van der Waals surface area contributed by atoms with Crippen LogP contribution >= 0.6 is 0 Å². The van der Waals surface area contributed by atoms with Gasteiger partial charge in [-0.3, -0.25) is 14.5 Å². The number of amides is 1. The number of hydrogen-bond acceptors (Lipinski definition) is 8. The van der Waals surface area contributed by atoms with Crippen LogP contribution in [0.5, 0.6) is 5.88 Å². The average molecular weight is 445 g/mol. The molecule has 0 aromatic carbocycles. The van der Waals surface area contributed by atoms with Crippen molar-refractivity contribution in [1.82, 2.24) is 29.9 Å². The molecule has 4 aromatic rings. The van der Waals surface area contributed by atoms with Crippen LogP contribution in [-0.2, 0) is 19.8 Å². The Bertz CT molecular complexity index is 1250. The third kappa shape index (κ3) is 4.26. The number of ether oxygens (including phenoxy) is 1. The molecule has 0 bridgehead atoms. The molecule has 0 fully saturated rings. The van der Waals surface area contributed by atoms with Crippen LogP contribution in [0.1, 0.15) is 21.7 Å². The van der Waals surface area contributed by atoms with E-state index in [9.17, 15) is 18.0 Å². The highest BCUT2D eigenvalue weighted by atomic mass is 19.4. The van der Waals surface area contributed by atoms with E-state index < -0.39 is 17.6 Å². The van der Waals surface area contributed by atoms with Gasteiger partial charge < -0.3 is 15.0 Å². The number of carbonyl (C=O) groups is 1. The topological polar surface area (TPSA) is 135 Å². The highest BCUT2D eigenvalue weighted by Crippen LogP contribution is 2.30. The Morgan fingerprint density at radius 1 is 1.16 bits per heavy atom. The predicted molar refractivity (Wildman–Crippen MR) is 102 cm³/mol. The lowest BCUT2D eigenvalue weighted by molar-refractivity contribution is -0.137. The molecule has 2 N–H and O–H groups in total. The van der Waals surface area contributed by atoms with E-state index >= 15 is 0 Å². The molecule has 0 atom stereocenters. The van der Waals surface area contributed by atoms with Crippen LogP contribution in [0, 0.1) is 0 Å². The standard InChI is InChI=1S/C19H14F3N7O3/c1-29-14(9-31-15-5-3-11(7-25-15)19(20,21)22)12(8-26-29)18-27-17(28-32-18)10-2-4-13(16(23)30)24-6-10/h2-8H,9H2,1H3,(H2,23,30). The second-order valence-electron chi connectivity index (χ2n) is 6.52. The minimum atomic E-state index is -4.48. The van der Waals surface area contributed by atoms with Crippen molar-refractivity contribution in [2.24, 2.45) is 12.8 Å². The fourth-order valence-electron chi connectivity index (χ4n) is 2.71. The lowest BCUT2D eigenvalue weighted by Crippen LogP contribution is -2.12. The molecule has 0 aliphatic heterocycles. The summed E-state index contributed by atoms with van der Waals surface area (Å²) in [6.07, 6.45) is -0.906. The van der Waals surface area contributed by atoms with Gasteiger partial charge in [-0.25, -0.2) is 4.98 Å². The fraction of sp³-hybridized carbons (Fsp3) is 0.158. The van der Waals surface area contributed by atoms with Crippen LogP contribution in [0.3, 0.4) is 0 Å². The summed E-state index contributed by atoms with van der Waals surface area (Å²) in [5, 5.41) is 8.04. The molecule has 32 heavy (non-hydrogen) atoms. The van der Waals surface area contributed by atoms with E-state index in [0.29, 0.717) is 23.0 Å². The number of rotatable bonds is 6. The van der Waals surface area contributed by atoms with E-state index in [1.165, 1.54) is 23.1 Å². The maximum absolute atomic E-state index is 12.7. The molecule has 0 saturated heterocycles. The minimum Gasteiger partial charge on any atom is -0.471 e. The average Bonchev–Trinajstić information content (AvgIpc) is 3.39. The van der Waals surface area contributed by atoms with Crippen LogP contribution in [0.4, 0.5) is 13.2 Å². The zero-order chi connectivity index (χ0) is 22.9. The van der Waals surface area contributed by atoms with Gasteiger partial charge in [0.1, 0.15) is 12.3 Å². The number of pyridine rings is 2. The number of hydrogen-bond donors (Lipinski definition) is 1. The molecule has 4 heterocycles. The van der Waals surface area contributed by atoms with Gasteiger partial charge in [-0.2, -0.15) is 23.3 Å². The van der Waals surface area contributed by atoms with Gasteiger partial charge in [0.15, 0.2) is 0 Å². The number of alkyl halides is 3. The number of halogens is 3. The van der Waals surface area contributed by atoms with Gasteiger partial charge in [-0.1, -0.05) is 5.16 Å². The van der Waals surface area contributed by atoms with Crippen molar-refractivity contribution in [2.75, 3.05) is 0 Å². The second-order valence-corrected chi connectivity index (χ2v) is 6.52. The van der Waals surface area contributed by atoms with Gasteiger partial charge >= 0.3 is 6.18 Å². The Balaban J connectivity index is 1.52. The fourth-order valence-corrected chi connectivity index (χ4v) is 2.71. The van der Waals surface area contributed by atoms with Gasteiger partial charge in [-0.05, 0) is 18.2 Å². The van der Waals surface area contributed by atoms with Gasteiger partial charge in [0.25, 0.3) is 11.8 Å². The predicted octanol–water partition coefficient (Wildman–Crippen LogP) is 2.62. The number of primary amides is 1. The van der Waals surface area contributed by atoms with Crippen molar-refractivity contribution in [3.8, 4) is 28.7 Å². The van der Waals surface area contributed by atoms with Crippen LogP contribution in [0.15, 0.2) is 47.4 Å². The number of carbonyl (C=O) groups excluding carboxylic acids is 1. The molecule has 0 spiro atoms. The third-order valence-electron chi connectivity index (χ3n) is 4.41. The molecule has 0 saturated carbocycles. The lowest BCUT2D eigenvalue weighted by Gasteiger charge is -2.09. The first-order chi connectivity index (χ1) is 15.2. The molecule has 0 aliphatic carbocycles. The molecule has 13 heteroatoms. The van der Waals surface area contributed by atoms with Crippen molar-refractivity contribution < 1.29 is 27.2 Å². The number of aryl methyl sites for hydroxylation is 1. The Labute approximate surface area is 177 Å². The van der Waals surface area contributed by atoms with Gasteiger partial charge in [0.2, 0.25) is 11.7 Å². The molecule has 10 nitrogen and oxygen atoms in total. The molecule has 0 unspecified atom stereocenters. The largest absolute Gasteiger partial charge is 0.471 e. The number of aromatic nitrogens is 6. The Kier molecular flexibility index (Phi) is 5.30. The van der Waals surface area contributed by atoms with Crippen molar-refractivity contribution in [3.63, 3.8) is 0 Å². The quantitative estimate of drug-likeness (QED) is 0.479. The molecule has 4 rings (SSSR count). The first-order valence-electron chi connectivity index (χ1n) is 8.99. The third-order valence-corrected chi connectivity index (χ3v) is 4.41. The van der Waals surface area contributed by atoms with E-state index in [0.717, 1.165) is 12.1 Å². The van der Waals surface area contributed by atoms with E-state index in [4.69, 9.17) is 15.0 Å². The molecular weight excluding hydrogens is 431 g/mol. The summed E-state index contributed by atoms with van der Waals surface area (Å²) >= 11 is 0. The summed E-state index contributed by atoms with van der Waals surface area (Å²) in [5.74, 6) is -0.278. The summed E-state index contributed by atoms with van der Waals surface area (Å²) in [7, 11) is 1.66. The highest BCUT2D eigenvalue weighted by molar-refractivity contribution is 5.90. The second kappa shape index (κ2) is 8.09. The summed E-state index contributed by atoms with van der Waals surface area (Å²) in [6, 6.07) is 5.03. The zero-order valence-electron chi connectivity index (χ0n) is 16.4. The van der Waals surface area contributed by atoms with Crippen LogP contribution in [-0.4, -0.2) is 35.8 Å². The van der Waals surface area contributed by atoms with Gasteiger partial charge in [0, 0.05) is 31.1 Å². The van der Waals surface area contributed by atoms with E-state index in [-0.39, 0.29) is 29.9 Å². The Hall–Kier alpha value is -4.29. The molecule has 1 amide bonds. The summed E-state index contributed by atoms with van der Waals surface area (Å²) in [4.78, 5) is 23.1. The zero-order valence-corrected chi connectivity index (χ0v) is 16.4. The monoisotopic (exact) mass is 445 g/mol. The maximum Gasteiger partial charge on any atom is 0.417 e. The normalized spacial score (nSPS) is 11.5. The number of nitrogens with two attached hydrogens (primary N) is 1. The molecule has 0 aliphatic rings. The van der Waals surface area contributed by atoms with Gasteiger partial charge in [-0.15, -0.1) is 0 Å². The minimum absolute atomic E-state index is 0.0111. The SMILES string of the molecule is Cn1ncc(-c2nc(-c3ccc(C(N)=O)nc3)no2)c1COc1ccc(C(F)(F)F)cn1. The van der Waals surface area contributed by atoms with Crippen LogP contribution in [0.2, 0.25) is 0 Å². The highest BCUT2D eigenvalue weighted by Gasteiger charge is 2.30. The van der Waals surface area contributed by atoms with Crippen molar-refractivity contribution in [1.29, 1.82) is 0 Å². The maximum atomic E-state index is 12.7. The van der Waals surface area contributed by atoms with Gasteiger partial charge in [0.05, 0.1) is 23.0 Å². The van der Waals surface area contributed by atoms with Crippen molar-refractivity contribution in [2.45, 2.75) is 12.8 Å². The van der Waals surface area contributed by atoms with Crippen molar-refractivity contribution in [3.05, 3.63) is 59.8 Å². The Morgan fingerprint density at radius 3 is 2.59 bits per heavy atom. The lowest BCUT2D eigenvalue weighted by atomic mass is 10.2. The van der Waals surface area contributed by atoms with Crippen molar-refractivity contribution >= 4 is 5.91 Å². The smallest absolute Gasteiger partial charge is 0.417 e. The summed E-state index contributed by atoms with van der Waals surface area (Å²) in [6.45, 7) is -0.0588. The van der Waals surface area contributed by atoms with E-state index in [2.05, 4.69) is 25.2 Å². The Morgan fingerprint density at radius 2 is 1.97 bits per heavy atom. The molecule has 4 aromatic heterocycles. The molecular formula is C19H14F3N7O3. The summed E-state index contributed by atoms with van der Waals surface area (Å²) < 4.78 is 50.3. The van der Waals surface area contributed by atoms with Crippen LogP contribution in [0.25, 0.3) is 22.8 Å². The first-order valence-corrected chi connectivity index (χ1v) is 8.99.